The summed E-state index contributed by atoms with van der Waals surface area (Å²) in [5.41, 5.74) is 0. The van der Waals surface area contributed by atoms with Gasteiger partial charge < -0.3 is 4.57 Å². The molecule has 0 fully saturated rings. The van der Waals surface area contributed by atoms with Crippen LogP contribution in [0.2, 0.25) is 0 Å². The van der Waals surface area contributed by atoms with Crippen LogP contribution in [0.1, 0.15) is 52.0 Å². The summed E-state index contributed by atoms with van der Waals surface area (Å²) in [6.45, 7) is 4.51. The zero-order valence-electron chi connectivity index (χ0n) is 8.74. The molecule has 1 aromatic rings. The molecule has 0 aliphatic carbocycles. The SMILES string of the molecule is CCCCCC[C@@H](C)n1ccnc1. The molecule has 0 aromatic carbocycles. The Bertz CT molecular complexity index is 204. The molecule has 13 heavy (non-hydrogen) atoms. The molecular formula is C11H20N2. The van der Waals surface area contributed by atoms with Crippen molar-refractivity contribution >= 4 is 0 Å². The highest BCUT2D eigenvalue weighted by atomic mass is 15.0. The average molecular weight is 180 g/mol. The summed E-state index contributed by atoms with van der Waals surface area (Å²) in [5.74, 6) is 0. The Labute approximate surface area is 81.0 Å². The van der Waals surface area contributed by atoms with E-state index in [1.807, 2.05) is 18.7 Å². The summed E-state index contributed by atoms with van der Waals surface area (Å²) in [5, 5.41) is 0. The third kappa shape index (κ3) is 3.62. The van der Waals surface area contributed by atoms with Gasteiger partial charge in [-0.25, -0.2) is 4.98 Å². The number of imidazole rings is 1. The maximum Gasteiger partial charge on any atom is 0.0948 e. The summed E-state index contributed by atoms with van der Waals surface area (Å²) < 4.78 is 2.19. The first-order valence-electron chi connectivity index (χ1n) is 5.32. The van der Waals surface area contributed by atoms with Crippen molar-refractivity contribution in [1.82, 2.24) is 9.55 Å². The standard InChI is InChI=1S/C11H20N2/c1-3-4-5-6-7-11(2)13-9-8-12-10-13/h8-11H,3-7H2,1-2H3/t11-/m1/s1. The van der Waals surface area contributed by atoms with Crippen LogP contribution in [-0.4, -0.2) is 9.55 Å². The van der Waals surface area contributed by atoms with E-state index in [0.29, 0.717) is 6.04 Å². The fourth-order valence-corrected chi connectivity index (χ4v) is 1.55. The van der Waals surface area contributed by atoms with Crippen LogP contribution in [0.3, 0.4) is 0 Å². The van der Waals surface area contributed by atoms with Crippen molar-refractivity contribution in [3.8, 4) is 0 Å². The topological polar surface area (TPSA) is 17.8 Å². The molecule has 0 saturated carbocycles. The van der Waals surface area contributed by atoms with Gasteiger partial charge in [0.15, 0.2) is 0 Å². The lowest BCUT2D eigenvalue weighted by Crippen LogP contribution is -2.01. The summed E-state index contributed by atoms with van der Waals surface area (Å²) in [7, 11) is 0. The van der Waals surface area contributed by atoms with Crippen molar-refractivity contribution in [3.05, 3.63) is 18.7 Å². The highest BCUT2D eigenvalue weighted by Crippen LogP contribution is 2.14. The highest BCUT2D eigenvalue weighted by molar-refractivity contribution is 4.78. The predicted molar refractivity (Wildman–Crippen MR) is 55.7 cm³/mol. The fraction of sp³-hybridized carbons (Fsp3) is 0.727. The molecular weight excluding hydrogens is 160 g/mol. The number of aromatic nitrogens is 2. The zero-order chi connectivity index (χ0) is 9.52. The Morgan fingerprint density at radius 1 is 1.31 bits per heavy atom. The molecule has 0 aliphatic heterocycles. The molecule has 0 N–H and O–H groups in total. The van der Waals surface area contributed by atoms with Gasteiger partial charge in [0.1, 0.15) is 0 Å². The lowest BCUT2D eigenvalue weighted by molar-refractivity contribution is 0.472. The van der Waals surface area contributed by atoms with Crippen LogP contribution in [0, 0.1) is 0 Å². The first-order valence-corrected chi connectivity index (χ1v) is 5.32. The smallest absolute Gasteiger partial charge is 0.0948 e. The van der Waals surface area contributed by atoms with Gasteiger partial charge in [-0.05, 0) is 13.3 Å². The number of nitrogens with zero attached hydrogens (tertiary/aromatic N) is 2. The Morgan fingerprint density at radius 2 is 2.15 bits per heavy atom. The van der Waals surface area contributed by atoms with Crippen LogP contribution in [0.5, 0.6) is 0 Å². The second kappa shape index (κ2) is 5.79. The normalized spacial score (nSPS) is 13.1. The van der Waals surface area contributed by atoms with Crippen molar-refractivity contribution in [1.29, 1.82) is 0 Å². The van der Waals surface area contributed by atoms with Gasteiger partial charge >= 0.3 is 0 Å². The van der Waals surface area contributed by atoms with E-state index in [2.05, 4.69) is 23.4 Å². The predicted octanol–water partition coefficient (Wildman–Crippen LogP) is 3.41. The van der Waals surface area contributed by atoms with Gasteiger partial charge in [0.05, 0.1) is 6.33 Å². The van der Waals surface area contributed by atoms with Crippen LogP contribution >= 0.6 is 0 Å². The molecule has 0 saturated heterocycles. The number of hydrogen-bond acceptors (Lipinski definition) is 1. The first kappa shape index (κ1) is 10.3. The number of rotatable bonds is 6. The molecule has 1 aromatic heterocycles. The Hall–Kier alpha value is -0.790. The minimum Gasteiger partial charge on any atom is -0.335 e. The van der Waals surface area contributed by atoms with Gasteiger partial charge in [0, 0.05) is 18.4 Å². The molecule has 0 amide bonds. The molecule has 0 spiro atoms. The lowest BCUT2D eigenvalue weighted by Gasteiger charge is -2.11. The van der Waals surface area contributed by atoms with Gasteiger partial charge in [0.2, 0.25) is 0 Å². The second-order valence-electron chi connectivity index (χ2n) is 3.71. The van der Waals surface area contributed by atoms with E-state index in [9.17, 15) is 0 Å². The van der Waals surface area contributed by atoms with E-state index < -0.39 is 0 Å². The Balaban J connectivity index is 2.15. The maximum atomic E-state index is 4.05. The molecule has 1 heterocycles. The molecule has 2 heteroatoms. The van der Waals surface area contributed by atoms with Gasteiger partial charge in [-0.2, -0.15) is 0 Å². The van der Waals surface area contributed by atoms with E-state index in [0.717, 1.165) is 0 Å². The Kier molecular flexibility index (Phi) is 4.58. The number of unbranched alkanes of at least 4 members (excludes halogenated alkanes) is 3. The molecule has 1 rings (SSSR count). The average Bonchev–Trinajstić information content (AvgIpc) is 2.65. The third-order valence-electron chi connectivity index (χ3n) is 2.51. The molecule has 1 atom stereocenters. The Morgan fingerprint density at radius 3 is 2.77 bits per heavy atom. The fourth-order valence-electron chi connectivity index (χ4n) is 1.55. The molecule has 0 bridgehead atoms. The van der Waals surface area contributed by atoms with E-state index in [1.165, 1.54) is 32.1 Å². The maximum absolute atomic E-state index is 4.05. The van der Waals surface area contributed by atoms with Crippen molar-refractivity contribution in [2.75, 3.05) is 0 Å². The lowest BCUT2D eigenvalue weighted by atomic mass is 10.1. The van der Waals surface area contributed by atoms with Gasteiger partial charge in [-0.3, -0.25) is 0 Å². The molecule has 0 aliphatic rings. The first-order chi connectivity index (χ1) is 6.34. The second-order valence-corrected chi connectivity index (χ2v) is 3.71. The van der Waals surface area contributed by atoms with Gasteiger partial charge in [-0.15, -0.1) is 0 Å². The van der Waals surface area contributed by atoms with Crippen LogP contribution < -0.4 is 0 Å². The van der Waals surface area contributed by atoms with E-state index in [4.69, 9.17) is 0 Å². The van der Waals surface area contributed by atoms with Crippen molar-refractivity contribution < 1.29 is 0 Å². The van der Waals surface area contributed by atoms with Gasteiger partial charge in [-0.1, -0.05) is 32.6 Å². The molecule has 74 valence electrons. The highest BCUT2D eigenvalue weighted by Gasteiger charge is 2.01. The third-order valence-corrected chi connectivity index (χ3v) is 2.51. The quantitative estimate of drug-likeness (QED) is 0.613. The van der Waals surface area contributed by atoms with E-state index >= 15 is 0 Å². The minimum atomic E-state index is 0.611. The summed E-state index contributed by atoms with van der Waals surface area (Å²) in [6, 6.07) is 0.611. The summed E-state index contributed by atoms with van der Waals surface area (Å²) >= 11 is 0. The van der Waals surface area contributed by atoms with E-state index in [-0.39, 0.29) is 0 Å². The summed E-state index contributed by atoms with van der Waals surface area (Å²) in [6.07, 6.45) is 12.5. The van der Waals surface area contributed by atoms with Crippen LogP contribution in [0.15, 0.2) is 18.7 Å². The molecule has 2 nitrogen and oxygen atoms in total. The van der Waals surface area contributed by atoms with Crippen molar-refractivity contribution in [2.24, 2.45) is 0 Å². The molecule has 0 radical (unpaired) electrons. The van der Waals surface area contributed by atoms with E-state index in [1.54, 1.807) is 0 Å². The van der Waals surface area contributed by atoms with Gasteiger partial charge in [0.25, 0.3) is 0 Å². The monoisotopic (exact) mass is 180 g/mol. The molecule has 0 unspecified atom stereocenters. The number of hydrogen-bond donors (Lipinski definition) is 0. The zero-order valence-corrected chi connectivity index (χ0v) is 8.74. The minimum absolute atomic E-state index is 0.611. The van der Waals surface area contributed by atoms with Crippen molar-refractivity contribution in [2.45, 2.75) is 52.0 Å². The van der Waals surface area contributed by atoms with Crippen LogP contribution in [-0.2, 0) is 0 Å². The largest absolute Gasteiger partial charge is 0.335 e. The van der Waals surface area contributed by atoms with Crippen molar-refractivity contribution in [3.63, 3.8) is 0 Å². The summed E-state index contributed by atoms with van der Waals surface area (Å²) in [4.78, 5) is 4.05. The van der Waals surface area contributed by atoms with Crippen LogP contribution in [0.4, 0.5) is 0 Å². The van der Waals surface area contributed by atoms with Crippen LogP contribution in [0.25, 0.3) is 0 Å².